The van der Waals surface area contributed by atoms with Crippen LogP contribution in [0.1, 0.15) is 34.9 Å². The second-order valence-electron chi connectivity index (χ2n) is 6.21. The van der Waals surface area contributed by atoms with Crippen LogP contribution in [0.5, 0.6) is 0 Å². The maximum atomic E-state index is 12.3. The van der Waals surface area contributed by atoms with E-state index in [2.05, 4.69) is 16.4 Å². The third kappa shape index (κ3) is 4.56. The molecule has 0 spiro atoms. The SMILES string of the molecule is CCCOC(=O)N1CCc2c(sc(NC(=O)C=Cc3cccnc3)c2C#N)C1. The Morgan fingerprint density at radius 2 is 2.36 bits per heavy atom. The number of carbonyl (C=O) groups is 2. The van der Waals surface area contributed by atoms with Crippen LogP contribution >= 0.6 is 11.3 Å². The largest absolute Gasteiger partial charge is 0.449 e. The molecule has 0 fully saturated rings. The summed E-state index contributed by atoms with van der Waals surface area (Å²) in [6.07, 6.45) is 7.37. The molecule has 0 aliphatic carbocycles. The number of rotatable bonds is 5. The number of hydrogen-bond donors (Lipinski definition) is 1. The van der Waals surface area contributed by atoms with E-state index in [1.54, 1.807) is 29.4 Å². The topological polar surface area (TPSA) is 95.3 Å². The van der Waals surface area contributed by atoms with Crippen LogP contribution in [0, 0.1) is 11.3 Å². The number of hydrogen-bond acceptors (Lipinski definition) is 6. The average Bonchev–Trinajstić information content (AvgIpc) is 3.07. The minimum Gasteiger partial charge on any atom is -0.449 e. The lowest BCUT2D eigenvalue weighted by Crippen LogP contribution is -2.36. The number of nitrogens with one attached hydrogen (secondary N) is 1. The first kappa shape index (κ1) is 19.6. The van der Waals surface area contributed by atoms with Crippen molar-refractivity contribution in [3.63, 3.8) is 0 Å². The molecule has 2 amide bonds. The van der Waals surface area contributed by atoms with Gasteiger partial charge in [-0.05, 0) is 36.1 Å². The quantitative estimate of drug-likeness (QED) is 0.780. The van der Waals surface area contributed by atoms with Gasteiger partial charge < -0.3 is 15.0 Å². The van der Waals surface area contributed by atoms with Crippen LogP contribution in [-0.2, 0) is 22.5 Å². The van der Waals surface area contributed by atoms with Gasteiger partial charge in [0.2, 0.25) is 5.91 Å². The van der Waals surface area contributed by atoms with Crippen molar-refractivity contribution in [3.05, 3.63) is 52.2 Å². The molecule has 0 aromatic carbocycles. The van der Waals surface area contributed by atoms with Crippen LogP contribution in [0.4, 0.5) is 9.80 Å². The van der Waals surface area contributed by atoms with Gasteiger partial charge in [0, 0.05) is 29.9 Å². The summed E-state index contributed by atoms with van der Waals surface area (Å²) in [5.74, 6) is -0.321. The summed E-state index contributed by atoms with van der Waals surface area (Å²) in [6, 6.07) is 5.82. The highest BCUT2D eigenvalue weighted by Gasteiger charge is 2.28. The lowest BCUT2D eigenvalue weighted by atomic mass is 10.0. The molecule has 1 aliphatic heterocycles. The molecule has 0 atom stereocenters. The predicted molar refractivity (Wildman–Crippen MR) is 107 cm³/mol. The third-order valence-electron chi connectivity index (χ3n) is 4.20. The Morgan fingerprint density at radius 1 is 1.50 bits per heavy atom. The lowest BCUT2D eigenvalue weighted by molar-refractivity contribution is -0.111. The molecule has 3 rings (SSSR count). The van der Waals surface area contributed by atoms with Crippen LogP contribution in [0.25, 0.3) is 6.08 Å². The number of ether oxygens (including phenoxy) is 1. The van der Waals surface area contributed by atoms with E-state index in [-0.39, 0.29) is 12.0 Å². The van der Waals surface area contributed by atoms with E-state index in [1.807, 2.05) is 13.0 Å². The van der Waals surface area contributed by atoms with E-state index in [4.69, 9.17) is 4.74 Å². The molecule has 8 heteroatoms. The Bertz CT molecular complexity index is 931. The molecule has 0 bridgehead atoms. The van der Waals surface area contributed by atoms with E-state index >= 15 is 0 Å². The van der Waals surface area contributed by atoms with Gasteiger partial charge in [0.15, 0.2) is 0 Å². The number of carbonyl (C=O) groups excluding carboxylic acids is 2. The zero-order valence-electron chi connectivity index (χ0n) is 15.5. The molecule has 1 aliphatic rings. The van der Waals surface area contributed by atoms with E-state index in [0.29, 0.717) is 36.7 Å². The molecule has 0 radical (unpaired) electrons. The maximum Gasteiger partial charge on any atom is 0.410 e. The summed E-state index contributed by atoms with van der Waals surface area (Å²) in [4.78, 5) is 30.9. The van der Waals surface area contributed by atoms with Gasteiger partial charge in [0.05, 0.1) is 18.7 Å². The Hall–Kier alpha value is -3.18. The first-order valence-corrected chi connectivity index (χ1v) is 9.79. The van der Waals surface area contributed by atoms with Crippen LogP contribution < -0.4 is 5.32 Å². The van der Waals surface area contributed by atoms with Gasteiger partial charge in [0.25, 0.3) is 0 Å². The van der Waals surface area contributed by atoms with Gasteiger partial charge in [0.1, 0.15) is 11.1 Å². The lowest BCUT2D eigenvalue weighted by Gasteiger charge is -2.26. The van der Waals surface area contributed by atoms with Gasteiger partial charge in [-0.25, -0.2) is 4.79 Å². The number of pyridine rings is 1. The highest BCUT2D eigenvalue weighted by atomic mass is 32.1. The Kier molecular flexibility index (Phi) is 6.40. The van der Waals surface area contributed by atoms with Crippen molar-refractivity contribution in [1.29, 1.82) is 5.26 Å². The van der Waals surface area contributed by atoms with Crippen LogP contribution in [0.2, 0.25) is 0 Å². The third-order valence-corrected chi connectivity index (χ3v) is 5.34. The van der Waals surface area contributed by atoms with E-state index in [9.17, 15) is 14.9 Å². The normalized spacial score (nSPS) is 13.1. The fraction of sp³-hybridized carbons (Fsp3) is 0.300. The molecule has 2 aromatic heterocycles. The molecule has 3 heterocycles. The van der Waals surface area contributed by atoms with Gasteiger partial charge >= 0.3 is 6.09 Å². The van der Waals surface area contributed by atoms with Gasteiger partial charge in [-0.1, -0.05) is 13.0 Å². The van der Waals surface area contributed by atoms with Crippen LogP contribution in [0.15, 0.2) is 30.6 Å². The Labute approximate surface area is 167 Å². The number of amides is 2. The number of aromatic nitrogens is 1. The molecule has 28 heavy (non-hydrogen) atoms. The van der Waals surface area contributed by atoms with Crippen molar-refractivity contribution in [2.75, 3.05) is 18.5 Å². The first-order chi connectivity index (χ1) is 13.6. The van der Waals surface area contributed by atoms with Crippen molar-refractivity contribution >= 4 is 34.4 Å². The van der Waals surface area contributed by atoms with Gasteiger partial charge in [-0.15, -0.1) is 11.3 Å². The molecular weight excluding hydrogens is 376 g/mol. The second-order valence-corrected chi connectivity index (χ2v) is 7.32. The fourth-order valence-electron chi connectivity index (χ4n) is 2.85. The number of anilines is 1. The number of nitriles is 1. The standard InChI is InChI=1S/C20H20N4O3S/c1-2-10-27-20(26)24-9-7-15-16(11-21)19(28-17(15)13-24)23-18(25)6-5-14-4-3-8-22-12-14/h3-6,8,12H,2,7,9-10,13H2,1H3,(H,23,25). The average molecular weight is 396 g/mol. The number of fused-ring (bicyclic) bond motifs is 1. The van der Waals surface area contributed by atoms with Crippen molar-refractivity contribution in [2.24, 2.45) is 0 Å². The highest BCUT2D eigenvalue weighted by Crippen LogP contribution is 2.36. The molecule has 7 nitrogen and oxygen atoms in total. The van der Waals surface area contributed by atoms with E-state index < -0.39 is 0 Å². The molecule has 1 N–H and O–H groups in total. The Morgan fingerprint density at radius 3 is 3.07 bits per heavy atom. The molecule has 0 unspecified atom stereocenters. The fourth-order valence-corrected chi connectivity index (χ4v) is 4.06. The summed E-state index contributed by atoms with van der Waals surface area (Å²) in [5, 5.41) is 12.8. The Balaban J connectivity index is 1.71. The molecule has 0 saturated heterocycles. The minimum absolute atomic E-state index is 0.321. The second kappa shape index (κ2) is 9.15. The summed E-state index contributed by atoms with van der Waals surface area (Å²) in [7, 11) is 0. The summed E-state index contributed by atoms with van der Waals surface area (Å²) in [6.45, 7) is 3.21. The number of nitrogens with zero attached hydrogens (tertiary/aromatic N) is 3. The first-order valence-electron chi connectivity index (χ1n) is 8.97. The number of thiophene rings is 1. The highest BCUT2D eigenvalue weighted by molar-refractivity contribution is 7.16. The zero-order chi connectivity index (χ0) is 19.9. The van der Waals surface area contributed by atoms with Crippen molar-refractivity contribution in [1.82, 2.24) is 9.88 Å². The molecule has 2 aromatic rings. The van der Waals surface area contributed by atoms with Crippen molar-refractivity contribution in [3.8, 4) is 6.07 Å². The van der Waals surface area contributed by atoms with Crippen LogP contribution in [0.3, 0.4) is 0 Å². The molecule has 144 valence electrons. The van der Waals surface area contributed by atoms with Crippen molar-refractivity contribution < 1.29 is 14.3 Å². The van der Waals surface area contributed by atoms with Crippen LogP contribution in [-0.4, -0.2) is 35.0 Å². The van der Waals surface area contributed by atoms with Gasteiger partial charge in [-0.2, -0.15) is 5.26 Å². The maximum absolute atomic E-state index is 12.3. The zero-order valence-corrected chi connectivity index (χ0v) is 16.3. The monoisotopic (exact) mass is 396 g/mol. The molecule has 0 saturated carbocycles. The smallest absolute Gasteiger partial charge is 0.410 e. The summed E-state index contributed by atoms with van der Waals surface area (Å²) >= 11 is 1.33. The summed E-state index contributed by atoms with van der Waals surface area (Å²) < 4.78 is 5.19. The minimum atomic E-state index is -0.343. The van der Waals surface area contributed by atoms with E-state index in [1.165, 1.54) is 17.4 Å². The van der Waals surface area contributed by atoms with Gasteiger partial charge in [-0.3, -0.25) is 9.78 Å². The van der Waals surface area contributed by atoms with E-state index in [0.717, 1.165) is 22.4 Å². The predicted octanol–water partition coefficient (Wildman–Crippen LogP) is 3.57. The van der Waals surface area contributed by atoms with Crippen molar-refractivity contribution in [2.45, 2.75) is 26.3 Å². The summed E-state index contributed by atoms with van der Waals surface area (Å²) in [5.41, 5.74) is 2.19. The molecular formula is C20H20N4O3S.